The zero-order chi connectivity index (χ0) is 25.6. The first-order valence-corrected chi connectivity index (χ1v) is 14.4. The van der Waals surface area contributed by atoms with Crippen LogP contribution in [0, 0.1) is 44.8 Å². The molecule has 5 nitrogen and oxygen atoms in total. The lowest BCUT2D eigenvalue weighted by atomic mass is 9.41. The largest absolute Gasteiger partial charge is 0.393 e. The molecule has 4 N–H and O–H groups in total. The molecule has 12 atom stereocenters. The molecule has 0 radical (unpaired) electrons. The molecule has 1 saturated heterocycles. The zero-order valence-corrected chi connectivity index (χ0v) is 23.1. The molecule has 1 heterocycles. The van der Waals surface area contributed by atoms with Crippen LogP contribution in [0.3, 0.4) is 0 Å². The molecule has 6 rings (SSSR count). The fourth-order valence-corrected chi connectivity index (χ4v) is 12.1. The minimum atomic E-state index is -0.886. The standard InChI is InChI=1S/C30H50O5/c1-24(2)20(33)8-11-30-16-29(30)13-12-26(5)23(28(7)10-9-21(35-28)25(3,4)34)18(32)15-27(26,6)19(29)14-17(31)22(24)30/h17-23,31-34H,8-16H2,1-7H3/t17-,18?,19?,20?,21?,22?,23?,26?,27-,28+,29?,30?/m0/s1. The second-order valence-corrected chi connectivity index (χ2v) is 15.9. The summed E-state index contributed by atoms with van der Waals surface area (Å²) in [5, 5.41) is 45.0. The third-order valence-corrected chi connectivity index (χ3v) is 13.8. The Morgan fingerprint density at radius 3 is 2.09 bits per heavy atom. The topological polar surface area (TPSA) is 90.2 Å². The van der Waals surface area contributed by atoms with E-state index in [1.54, 1.807) is 0 Å². The summed E-state index contributed by atoms with van der Waals surface area (Å²) in [6.07, 6.45) is 7.18. The average molecular weight is 491 g/mol. The Hall–Kier alpha value is -0.200. The van der Waals surface area contributed by atoms with Gasteiger partial charge in [-0.2, -0.15) is 0 Å². The molecule has 0 aromatic heterocycles. The van der Waals surface area contributed by atoms with Crippen LogP contribution in [0.15, 0.2) is 0 Å². The molecule has 35 heavy (non-hydrogen) atoms. The smallest absolute Gasteiger partial charge is 0.0865 e. The van der Waals surface area contributed by atoms with Crippen molar-refractivity contribution in [1.29, 1.82) is 0 Å². The molecule has 0 amide bonds. The van der Waals surface area contributed by atoms with Gasteiger partial charge in [0.15, 0.2) is 0 Å². The molecular formula is C30H50O5. The van der Waals surface area contributed by atoms with Crippen LogP contribution in [-0.4, -0.2) is 56.0 Å². The predicted molar refractivity (Wildman–Crippen MR) is 134 cm³/mol. The van der Waals surface area contributed by atoms with Crippen molar-refractivity contribution in [1.82, 2.24) is 0 Å². The van der Waals surface area contributed by atoms with Gasteiger partial charge in [0, 0.05) is 5.92 Å². The maximum atomic E-state index is 11.7. The van der Waals surface area contributed by atoms with Gasteiger partial charge in [-0.25, -0.2) is 0 Å². The summed E-state index contributed by atoms with van der Waals surface area (Å²) in [6.45, 7) is 15.0. The molecule has 0 bridgehead atoms. The summed E-state index contributed by atoms with van der Waals surface area (Å²) < 4.78 is 6.66. The van der Waals surface area contributed by atoms with Gasteiger partial charge < -0.3 is 25.2 Å². The number of rotatable bonds is 2. The highest BCUT2D eigenvalue weighted by Crippen LogP contribution is 2.89. The van der Waals surface area contributed by atoms with E-state index in [9.17, 15) is 20.4 Å². The van der Waals surface area contributed by atoms with Gasteiger partial charge in [-0.15, -0.1) is 0 Å². The van der Waals surface area contributed by atoms with Crippen LogP contribution >= 0.6 is 0 Å². The minimum Gasteiger partial charge on any atom is -0.393 e. The van der Waals surface area contributed by atoms with E-state index in [4.69, 9.17) is 4.74 Å². The summed E-state index contributed by atoms with van der Waals surface area (Å²) in [4.78, 5) is 0. The molecule has 5 saturated carbocycles. The van der Waals surface area contributed by atoms with Gasteiger partial charge in [0.25, 0.3) is 0 Å². The molecule has 9 unspecified atom stereocenters. The van der Waals surface area contributed by atoms with Crippen LogP contribution in [0.1, 0.15) is 106 Å². The molecule has 200 valence electrons. The summed E-state index contributed by atoms with van der Waals surface area (Å²) in [5.41, 5.74) is -1.35. The van der Waals surface area contributed by atoms with Gasteiger partial charge in [-0.3, -0.25) is 0 Å². The van der Waals surface area contributed by atoms with E-state index >= 15 is 0 Å². The second-order valence-electron chi connectivity index (χ2n) is 15.9. The Labute approximate surface area is 212 Å². The molecular weight excluding hydrogens is 440 g/mol. The summed E-state index contributed by atoms with van der Waals surface area (Å²) >= 11 is 0. The van der Waals surface area contributed by atoms with E-state index in [0.29, 0.717) is 5.92 Å². The van der Waals surface area contributed by atoms with E-state index in [2.05, 4.69) is 34.6 Å². The quantitative estimate of drug-likeness (QED) is 0.460. The van der Waals surface area contributed by atoms with Crippen molar-refractivity contribution in [2.45, 2.75) is 142 Å². The maximum Gasteiger partial charge on any atom is 0.0865 e. The lowest BCUT2D eigenvalue weighted by Gasteiger charge is -2.64. The highest BCUT2D eigenvalue weighted by atomic mass is 16.5. The van der Waals surface area contributed by atoms with Crippen molar-refractivity contribution in [3.8, 4) is 0 Å². The maximum absolute atomic E-state index is 11.7. The molecule has 2 spiro atoms. The first-order chi connectivity index (χ1) is 16.0. The Bertz CT molecular complexity index is 911. The molecule has 0 aromatic carbocycles. The van der Waals surface area contributed by atoms with Gasteiger partial charge >= 0.3 is 0 Å². The monoisotopic (exact) mass is 490 g/mol. The normalized spacial score (nSPS) is 60.9. The third-order valence-electron chi connectivity index (χ3n) is 13.8. The van der Waals surface area contributed by atoms with E-state index in [1.165, 1.54) is 6.42 Å². The summed E-state index contributed by atoms with van der Waals surface area (Å²) in [5.74, 6) is 0.577. The number of hydrogen-bond acceptors (Lipinski definition) is 5. The van der Waals surface area contributed by atoms with Gasteiger partial charge in [0.2, 0.25) is 0 Å². The third kappa shape index (κ3) is 2.78. The number of fused-ring (bicyclic) bond motifs is 2. The summed E-state index contributed by atoms with van der Waals surface area (Å²) in [6, 6.07) is 0. The molecule has 5 aliphatic carbocycles. The lowest BCUT2D eigenvalue weighted by molar-refractivity contribution is -0.213. The Morgan fingerprint density at radius 2 is 1.46 bits per heavy atom. The van der Waals surface area contributed by atoms with Crippen molar-refractivity contribution in [3.63, 3.8) is 0 Å². The van der Waals surface area contributed by atoms with E-state index in [-0.39, 0.29) is 51.1 Å². The summed E-state index contributed by atoms with van der Waals surface area (Å²) in [7, 11) is 0. The highest BCUT2D eigenvalue weighted by molar-refractivity contribution is 5.33. The first-order valence-electron chi connectivity index (χ1n) is 14.4. The van der Waals surface area contributed by atoms with Crippen molar-refractivity contribution in [2.24, 2.45) is 44.8 Å². The van der Waals surface area contributed by atoms with Gasteiger partial charge in [0.1, 0.15) is 0 Å². The minimum absolute atomic E-state index is 0.0267. The number of ether oxygens (including phenoxy) is 1. The molecule has 6 fully saturated rings. The predicted octanol–water partition coefficient (Wildman–Crippen LogP) is 4.44. The van der Waals surface area contributed by atoms with Crippen LogP contribution in [0.5, 0.6) is 0 Å². The molecule has 1 aliphatic heterocycles. The van der Waals surface area contributed by atoms with Crippen LogP contribution in [0.2, 0.25) is 0 Å². The van der Waals surface area contributed by atoms with E-state index in [1.807, 2.05) is 13.8 Å². The van der Waals surface area contributed by atoms with E-state index in [0.717, 1.165) is 51.4 Å². The average Bonchev–Trinajstić information content (AvgIpc) is 3.08. The Morgan fingerprint density at radius 1 is 0.771 bits per heavy atom. The van der Waals surface area contributed by atoms with Crippen LogP contribution in [0.25, 0.3) is 0 Å². The first kappa shape index (κ1) is 25.1. The zero-order valence-electron chi connectivity index (χ0n) is 23.1. The van der Waals surface area contributed by atoms with Crippen LogP contribution in [-0.2, 0) is 4.74 Å². The molecule has 0 aromatic rings. The molecule has 5 heteroatoms. The van der Waals surface area contributed by atoms with Gasteiger partial charge in [0.05, 0.1) is 35.6 Å². The highest BCUT2D eigenvalue weighted by Gasteiger charge is 2.84. The van der Waals surface area contributed by atoms with Crippen molar-refractivity contribution in [3.05, 3.63) is 0 Å². The van der Waals surface area contributed by atoms with Crippen molar-refractivity contribution in [2.75, 3.05) is 0 Å². The van der Waals surface area contributed by atoms with Crippen molar-refractivity contribution >= 4 is 0 Å². The van der Waals surface area contributed by atoms with E-state index < -0.39 is 23.4 Å². The van der Waals surface area contributed by atoms with Gasteiger partial charge in [-0.05, 0) is 117 Å². The van der Waals surface area contributed by atoms with Crippen molar-refractivity contribution < 1.29 is 25.2 Å². The fraction of sp³-hybridized carbons (Fsp3) is 1.00. The number of aliphatic hydroxyl groups excluding tert-OH is 3. The fourth-order valence-electron chi connectivity index (χ4n) is 12.1. The number of aliphatic hydroxyl groups is 4. The lowest BCUT2D eigenvalue weighted by Crippen LogP contribution is -2.62. The van der Waals surface area contributed by atoms with Crippen LogP contribution in [0.4, 0.5) is 0 Å². The second kappa shape index (κ2) is 6.86. The van der Waals surface area contributed by atoms with Gasteiger partial charge in [-0.1, -0.05) is 27.7 Å². The Balaban J connectivity index is 1.37. The van der Waals surface area contributed by atoms with Crippen LogP contribution < -0.4 is 0 Å². The number of hydrogen-bond donors (Lipinski definition) is 4. The SMILES string of the molecule is CC(C)(O)C1CC[C@](C)(C2C(O)C[C@@]3(C)C4C[C@H](O)C5C(C)(C)C(O)CCC56CC46CCC23C)O1. The Kier molecular flexibility index (Phi) is 4.92. The molecule has 6 aliphatic rings.